The van der Waals surface area contributed by atoms with Gasteiger partial charge in [-0.25, -0.2) is 52.3 Å². The van der Waals surface area contributed by atoms with E-state index in [2.05, 4.69) is 119 Å². The second kappa shape index (κ2) is 34.6. The minimum absolute atomic E-state index is 0.169. The standard InChI is InChI=1S/2C23H24FN5O2.C22H22FN5O2.C22H24N6O2/c1-4-27-7-8-28(12-15(27)3)20-6-5-16-10-17(23(30)31-22(16)26-20)19-13-29-11-14(2)9-18(24)21(29)25-19;1-3-27-7-4-8-28(10-9-27)20-6-5-16-12-17(23(30)31-22(16)26-20)19-14-29-13-15(2)11-18(24)21(29)25-19;1-2-26-8-4-10-27(12-11-26)19-7-6-15-13-16(22(29)30-21(15)25-19)18-14-28-9-3-5-17(23)20(28)24-18;1-4-26-7-9-27(10-8-26)19-6-5-16-11-17(22(29)30-21(16)25-19)18-13-28-12-14(2)23-15(3)20(28)24-18/h5-6,9-11,13,15H,4,7-8,12H2,1-3H3;5-6,11-14H,3-4,7-10H2,1-2H3;3,5-7,9,13-14H,2,4,8,10-12H2,1H3;5-6,11-13H,4,7-10H2,1-3H3/t15-;;;/m0.../s1. The highest BCUT2D eigenvalue weighted by molar-refractivity contribution is 5.84. The molecule has 4 saturated heterocycles. The number of hydrogen-bond acceptors (Lipinski definition) is 25. The molecule has 0 saturated carbocycles. The number of aromatic nitrogens is 13. The van der Waals surface area contributed by atoms with Crippen molar-refractivity contribution in [2.24, 2.45) is 0 Å². The highest BCUT2D eigenvalue weighted by Crippen LogP contribution is 2.31. The third-order valence-corrected chi connectivity index (χ3v) is 23.2. The van der Waals surface area contributed by atoms with E-state index < -0.39 is 40.0 Å². The van der Waals surface area contributed by atoms with E-state index in [1.165, 1.54) is 18.2 Å². The molecule has 4 aliphatic rings. The molecule has 4 fully saturated rings. The zero-order valence-electron chi connectivity index (χ0n) is 69.6. The van der Waals surface area contributed by atoms with Crippen molar-refractivity contribution in [2.45, 2.75) is 81.2 Å². The van der Waals surface area contributed by atoms with E-state index in [0.717, 1.165) is 194 Å². The Bertz CT molecular complexity index is 6710. The number of anilines is 4. The van der Waals surface area contributed by atoms with E-state index in [-0.39, 0.29) is 33.6 Å². The molecule has 0 aliphatic carbocycles. The molecule has 29 nitrogen and oxygen atoms in total. The lowest BCUT2D eigenvalue weighted by Gasteiger charge is -2.39. The molecule has 32 heteroatoms. The summed E-state index contributed by atoms with van der Waals surface area (Å²) >= 11 is 0. The summed E-state index contributed by atoms with van der Waals surface area (Å²) in [6, 6.07) is 28.7. The van der Waals surface area contributed by atoms with Gasteiger partial charge in [-0.3, -0.25) is 9.88 Å². The van der Waals surface area contributed by atoms with Crippen LogP contribution in [0.2, 0.25) is 0 Å². The third kappa shape index (κ3) is 17.0. The molecule has 0 aromatic carbocycles. The molecular weight excluding hydrogens is 1560 g/mol. The van der Waals surface area contributed by atoms with Crippen molar-refractivity contribution in [3.63, 3.8) is 0 Å². The zero-order chi connectivity index (χ0) is 84.7. The van der Waals surface area contributed by atoms with Crippen molar-refractivity contribution in [1.82, 2.24) is 82.1 Å². The summed E-state index contributed by atoms with van der Waals surface area (Å²) in [5, 5.41) is 2.89. The minimum atomic E-state index is -0.540. The Morgan fingerprint density at radius 1 is 0.352 bits per heavy atom. The fourth-order valence-electron chi connectivity index (χ4n) is 16.6. The first kappa shape index (κ1) is 81.3. The molecule has 0 amide bonds. The number of likely N-dealkylation sites (N-methyl/N-ethyl adjacent to an activating group) is 4. The Balaban J connectivity index is 0.000000116. The second-order valence-electron chi connectivity index (χ2n) is 31.4. The molecule has 628 valence electrons. The number of piperazine rings is 2. The molecule has 16 aromatic rings. The quantitative estimate of drug-likeness (QED) is 0.110. The molecule has 0 radical (unpaired) electrons. The van der Waals surface area contributed by atoms with E-state index in [9.17, 15) is 32.3 Å². The van der Waals surface area contributed by atoms with Crippen LogP contribution in [0.4, 0.5) is 36.4 Å². The molecule has 4 aliphatic heterocycles. The van der Waals surface area contributed by atoms with Crippen molar-refractivity contribution in [3.05, 3.63) is 228 Å². The van der Waals surface area contributed by atoms with Crippen LogP contribution < -0.4 is 42.1 Å². The minimum Gasteiger partial charge on any atom is -0.403 e. The van der Waals surface area contributed by atoms with Gasteiger partial charge in [0.25, 0.3) is 0 Å². The molecule has 0 unspecified atom stereocenters. The summed E-state index contributed by atoms with van der Waals surface area (Å²) in [6.07, 6.45) is 16.0. The van der Waals surface area contributed by atoms with Gasteiger partial charge in [0, 0.05) is 162 Å². The lowest BCUT2D eigenvalue weighted by molar-refractivity contribution is 0.199. The van der Waals surface area contributed by atoms with Crippen LogP contribution in [0.1, 0.15) is 70.0 Å². The number of aryl methyl sites for hydroxylation is 4. The number of rotatable bonds is 12. The van der Waals surface area contributed by atoms with Gasteiger partial charge in [-0.05, 0) is 195 Å². The van der Waals surface area contributed by atoms with Crippen LogP contribution in [0, 0.1) is 45.1 Å². The van der Waals surface area contributed by atoms with Crippen LogP contribution in [-0.2, 0) is 0 Å². The fraction of sp³-hybridized carbons (Fsp3) is 0.344. The molecule has 20 rings (SSSR count). The Morgan fingerprint density at radius 3 is 1.09 bits per heavy atom. The van der Waals surface area contributed by atoms with Gasteiger partial charge in [0.15, 0.2) is 40.0 Å². The van der Waals surface area contributed by atoms with Crippen LogP contribution in [0.15, 0.2) is 183 Å². The van der Waals surface area contributed by atoms with Crippen molar-refractivity contribution in [2.75, 3.05) is 144 Å². The number of pyridine rings is 7. The lowest BCUT2D eigenvalue weighted by atomic mass is 10.1. The van der Waals surface area contributed by atoms with Crippen molar-refractivity contribution >= 4 is 90.3 Å². The van der Waals surface area contributed by atoms with Crippen LogP contribution >= 0.6 is 0 Å². The SMILES string of the molecule is CCN1CCCN(c2ccc3cc(-c4cn5cc(C)cc(F)c5n4)c(=O)oc3n2)CC1.CCN1CCCN(c2ccc3cc(-c4cn5cccc(F)c5n4)c(=O)oc3n2)CC1.CCN1CCN(c2ccc3cc(-c4cn5cc(C)cc(F)c5n4)c(=O)oc3n2)C[C@@H]1C.CCN1CCN(c2ccc3cc(-c4cn5cc(C)nc(C)c5n4)c(=O)oc3n2)CC1. The van der Waals surface area contributed by atoms with Crippen molar-refractivity contribution < 1.29 is 30.8 Å². The number of hydrogen-bond donors (Lipinski definition) is 0. The Morgan fingerprint density at radius 2 is 0.705 bits per heavy atom. The number of halogens is 3. The van der Waals surface area contributed by atoms with Crippen molar-refractivity contribution in [1.29, 1.82) is 0 Å². The largest absolute Gasteiger partial charge is 0.403 e. The summed E-state index contributed by atoms with van der Waals surface area (Å²) in [5.41, 5.74) is 6.67. The van der Waals surface area contributed by atoms with E-state index in [1.54, 1.807) is 88.5 Å². The molecule has 0 spiro atoms. The van der Waals surface area contributed by atoms with E-state index in [0.29, 0.717) is 73.4 Å². The van der Waals surface area contributed by atoms with Gasteiger partial charge in [-0.1, -0.05) is 27.7 Å². The predicted octanol–water partition coefficient (Wildman–Crippen LogP) is 12.8. The number of fused-ring (bicyclic) bond motifs is 8. The maximum Gasteiger partial charge on any atom is 0.347 e. The topological polar surface area (TPSA) is 280 Å². The summed E-state index contributed by atoms with van der Waals surface area (Å²) in [7, 11) is 0. The number of imidazole rings is 4. The smallest absolute Gasteiger partial charge is 0.347 e. The van der Waals surface area contributed by atoms with Gasteiger partial charge in [-0.15, -0.1) is 0 Å². The van der Waals surface area contributed by atoms with E-state index >= 15 is 0 Å². The second-order valence-corrected chi connectivity index (χ2v) is 31.4. The predicted molar refractivity (Wildman–Crippen MR) is 466 cm³/mol. The maximum absolute atomic E-state index is 14.2. The van der Waals surface area contributed by atoms with Crippen LogP contribution in [0.5, 0.6) is 0 Å². The molecule has 1 atom stereocenters. The normalized spacial score (nSPS) is 16.1. The van der Waals surface area contributed by atoms with Crippen LogP contribution in [0.25, 0.3) is 112 Å². The summed E-state index contributed by atoms with van der Waals surface area (Å²) in [5.74, 6) is 1.97. The summed E-state index contributed by atoms with van der Waals surface area (Å²) in [6.45, 7) is 36.9. The van der Waals surface area contributed by atoms with Crippen LogP contribution in [-0.4, -0.2) is 212 Å². The molecule has 16 aromatic heterocycles. The van der Waals surface area contributed by atoms with Gasteiger partial charge in [-0.2, -0.15) is 19.9 Å². The molecule has 20 heterocycles. The lowest BCUT2D eigenvalue weighted by Crippen LogP contribution is -2.51. The molecular formula is C90H94F3N21O8. The third-order valence-electron chi connectivity index (χ3n) is 23.2. The van der Waals surface area contributed by atoms with Crippen molar-refractivity contribution in [3.8, 4) is 45.0 Å². The molecule has 0 bridgehead atoms. The molecule has 122 heavy (non-hydrogen) atoms. The van der Waals surface area contributed by atoms with Crippen LogP contribution in [0.3, 0.4) is 0 Å². The maximum atomic E-state index is 14.2. The fourth-order valence-corrected chi connectivity index (χ4v) is 16.6. The average Bonchev–Trinajstić information content (AvgIpc) is 1.65. The van der Waals surface area contributed by atoms with E-state index in [4.69, 9.17) is 17.7 Å². The highest BCUT2D eigenvalue weighted by atomic mass is 19.1. The number of nitrogens with zero attached hydrogens (tertiary/aromatic N) is 21. The molecule has 0 N–H and O–H groups in total. The van der Waals surface area contributed by atoms with E-state index in [1.807, 2.05) is 85.2 Å². The first-order valence-corrected chi connectivity index (χ1v) is 41.6. The Kier molecular flexibility index (Phi) is 23.1. The van der Waals surface area contributed by atoms with Gasteiger partial charge in [0.1, 0.15) is 23.3 Å². The Hall–Kier alpha value is -13.0. The van der Waals surface area contributed by atoms with Gasteiger partial charge >= 0.3 is 22.5 Å². The summed E-state index contributed by atoms with van der Waals surface area (Å²) in [4.78, 5) is 110. The average molecular weight is 1650 g/mol. The first-order valence-electron chi connectivity index (χ1n) is 41.6. The summed E-state index contributed by atoms with van der Waals surface area (Å²) < 4.78 is 71.3. The monoisotopic (exact) mass is 1650 g/mol. The van der Waals surface area contributed by atoms with Gasteiger partial charge in [0.2, 0.25) is 22.9 Å². The first-order chi connectivity index (χ1) is 59.1. The highest BCUT2D eigenvalue weighted by Gasteiger charge is 2.27. The Labute approximate surface area is 698 Å². The van der Waals surface area contributed by atoms with Gasteiger partial charge < -0.3 is 69.6 Å². The zero-order valence-corrected chi connectivity index (χ0v) is 69.6. The van der Waals surface area contributed by atoms with Gasteiger partial charge in [0.05, 0.1) is 56.4 Å².